The standard InChI is InChI=1S/C28H21F2N7O/c1-2-3-24(38)33-18-10-16(13-31-14-18)20-11-21-23(12-22(20)30)36-37-26(21)28-34-25-19(8-9-32-27(25)35-28)15-4-6-17(29)7-5-15/h4-14H,2-3H2,1H3,(H,33,38)(H,36,37)(H,32,34,35). The summed E-state index contributed by atoms with van der Waals surface area (Å²) in [5.41, 5.74) is 5.06. The van der Waals surface area contributed by atoms with E-state index >= 15 is 4.39 Å². The SMILES string of the molecule is CCCC(=O)Nc1cncc(-c2cc3c(-c4nc5nccc(-c6ccc(F)cc6)c5[nH]4)n[nH]c3cc2F)c1. The van der Waals surface area contributed by atoms with Crippen LogP contribution in [-0.4, -0.2) is 36.0 Å². The molecular formula is C28H21F2N7O. The molecule has 0 saturated carbocycles. The first-order chi connectivity index (χ1) is 18.5. The summed E-state index contributed by atoms with van der Waals surface area (Å²) in [6.45, 7) is 1.92. The smallest absolute Gasteiger partial charge is 0.224 e. The van der Waals surface area contributed by atoms with Crippen molar-refractivity contribution < 1.29 is 13.6 Å². The van der Waals surface area contributed by atoms with Gasteiger partial charge >= 0.3 is 0 Å². The molecule has 10 heteroatoms. The predicted molar refractivity (Wildman–Crippen MR) is 141 cm³/mol. The van der Waals surface area contributed by atoms with Crippen molar-refractivity contribution in [2.24, 2.45) is 0 Å². The van der Waals surface area contributed by atoms with E-state index in [9.17, 15) is 9.18 Å². The fourth-order valence-electron chi connectivity index (χ4n) is 4.44. The molecule has 6 rings (SSSR count). The monoisotopic (exact) mass is 509 g/mol. The van der Waals surface area contributed by atoms with E-state index in [1.807, 2.05) is 13.0 Å². The second-order valence-corrected chi connectivity index (χ2v) is 8.86. The molecule has 188 valence electrons. The van der Waals surface area contributed by atoms with Crippen LogP contribution in [0, 0.1) is 11.6 Å². The lowest BCUT2D eigenvalue weighted by molar-refractivity contribution is -0.116. The number of halogens is 2. The highest BCUT2D eigenvalue weighted by Crippen LogP contribution is 2.34. The number of carbonyl (C=O) groups is 1. The summed E-state index contributed by atoms with van der Waals surface area (Å²) >= 11 is 0. The molecule has 0 spiro atoms. The molecule has 0 saturated heterocycles. The average Bonchev–Trinajstić information content (AvgIpc) is 3.52. The Labute approximate surface area is 215 Å². The fraction of sp³-hybridized carbons (Fsp3) is 0.107. The minimum absolute atomic E-state index is 0.127. The molecule has 0 aliphatic heterocycles. The fourth-order valence-corrected chi connectivity index (χ4v) is 4.44. The summed E-state index contributed by atoms with van der Waals surface area (Å²) in [6, 6.07) is 12.7. The van der Waals surface area contributed by atoms with Crippen LogP contribution in [0.2, 0.25) is 0 Å². The Morgan fingerprint density at radius 2 is 1.84 bits per heavy atom. The number of imidazole rings is 1. The maximum Gasteiger partial charge on any atom is 0.224 e. The van der Waals surface area contributed by atoms with Gasteiger partial charge in [-0.25, -0.2) is 18.7 Å². The van der Waals surface area contributed by atoms with Crippen molar-refractivity contribution in [1.82, 2.24) is 30.1 Å². The molecule has 3 N–H and O–H groups in total. The van der Waals surface area contributed by atoms with Crippen LogP contribution in [0.3, 0.4) is 0 Å². The largest absolute Gasteiger partial charge is 0.335 e. The second-order valence-electron chi connectivity index (χ2n) is 8.86. The summed E-state index contributed by atoms with van der Waals surface area (Å²) in [7, 11) is 0. The maximum absolute atomic E-state index is 15.1. The number of anilines is 1. The Bertz CT molecular complexity index is 1810. The average molecular weight is 510 g/mol. The molecule has 0 fully saturated rings. The molecule has 38 heavy (non-hydrogen) atoms. The van der Waals surface area contributed by atoms with E-state index in [4.69, 9.17) is 0 Å². The lowest BCUT2D eigenvalue weighted by Gasteiger charge is -2.08. The highest BCUT2D eigenvalue weighted by molar-refractivity contribution is 5.98. The Hall–Kier alpha value is -4.99. The van der Waals surface area contributed by atoms with E-state index in [2.05, 4.69) is 35.5 Å². The normalized spacial score (nSPS) is 11.3. The molecule has 0 unspecified atom stereocenters. The highest BCUT2D eigenvalue weighted by Gasteiger charge is 2.18. The van der Waals surface area contributed by atoms with Crippen molar-refractivity contribution in [3.63, 3.8) is 0 Å². The molecule has 6 aromatic rings. The van der Waals surface area contributed by atoms with E-state index in [0.29, 0.717) is 56.8 Å². The van der Waals surface area contributed by atoms with Gasteiger partial charge in [0.1, 0.15) is 17.3 Å². The zero-order valence-corrected chi connectivity index (χ0v) is 20.2. The first-order valence-electron chi connectivity index (χ1n) is 12.0. The minimum Gasteiger partial charge on any atom is -0.335 e. The summed E-state index contributed by atoms with van der Waals surface area (Å²) in [5, 5.41) is 10.7. The van der Waals surface area contributed by atoms with Crippen LogP contribution >= 0.6 is 0 Å². The number of nitrogens with zero attached hydrogens (tertiary/aromatic N) is 4. The summed E-state index contributed by atoms with van der Waals surface area (Å²) in [4.78, 5) is 28.5. The van der Waals surface area contributed by atoms with Crippen molar-refractivity contribution in [3.8, 4) is 33.8 Å². The quantitative estimate of drug-likeness (QED) is 0.246. The Balaban J connectivity index is 1.43. The molecule has 2 aromatic carbocycles. The van der Waals surface area contributed by atoms with Crippen molar-refractivity contribution in [2.75, 3.05) is 5.32 Å². The predicted octanol–water partition coefficient (Wildman–Crippen LogP) is 6.25. The number of aromatic amines is 2. The van der Waals surface area contributed by atoms with E-state index in [1.54, 1.807) is 36.7 Å². The Morgan fingerprint density at radius 3 is 2.66 bits per heavy atom. The van der Waals surface area contributed by atoms with E-state index in [1.165, 1.54) is 24.4 Å². The number of rotatable bonds is 6. The molecule has 0 radical (unpaired) electrons. The van der Waals surface area contributed by atoms with Gasteiger partial charge in [-0.15, -0.1) is 0 Å². The zero-order chi connectivity index (χ0) is 26.2. The number of H-pyrrole nitrogens is 2. The third-order valence-electron chi connectivity index (χ3n) is 6.23. The van der Waals surface area contributed by atoms with Gasteiger partial charge in [-0.2, -0.15) is 5.10 Å². The number of benzene rings is 2. The number of aromatic nitrogens is 6. The van der Waals surface area contributed by atoms with E-state index in [0.717, 1.165) is 17.5 Å². The van der Waals surface area contributed by atoms with Gasteiger partial charge in [-0.05, 0) is 42.3 Å². The van der Waals surface area contributed by atoms with Gasteiger partial charge in [-0.1, -0.05) is 19.1 Å². The lowest BCUT2D eigenvalue weighted by atomic mass is 10.0. The van der Waals surface area contributed by atoms with Gasteiger partial charge in [0.2, 0.25) is 5.91 Å². The lowest BCUT2D eigenvalue weighted by Crippen LogP contribution is -2.10. The van der Waals surface area contributed by atoms with Crippen molar-refractivity contribution in [1.29, 1.82) is 0 Å². The van der Waals surface area contributed by atoms with Gasteiger partial charge in [-0.3, -0.25) is 14.9 Å². The summed E-state index contributed by atoms with van der Waals surface area (Å²) in [5.74, 6) is -0.460. The van der Waals surface area contributed by atoms with Crippen LogP contribution in [0.25, 0.3) is 55.8 Å². The van der Waals surface area contributed by atoms with Crippen molar-refractivity contribution in [3.05, 3.63) is 78.8 Å². The minimum atomic E-state index is -0.462. The second kappa shape index (κ2) is 9.47. The first kappa shape index (κ1) is 23.4. The van der Waals surface area contributed by atoms with Crippen LogP contribution in [0.4, 0.5) is 14.5 Å². The number of hydrogen-bond donors (Lipinski definition) is 3. The van der Waals surface area contributed by atoms with Gasteiger partial charge in [0.25, 0.3) is 0 Å². The molecule has 0 atom stereocenters. The molecule has 4 heterocycles. The molecular weight excluding hydrogens is 488 g/mol. The number of carbonyl (C=O) groups excluding carboxylic acids is 1. The Kier molecular flexibility index (Phi) is 5.83. The van der Waals surface area contributed by atoms with Gasteiger partial charge in [0, 0.05) is 47.0 Å². The number of amides is 1. The third-order valence-corrected chi connectivity index (χ3v) is 6.23. The maximum atomic E-state index is 15.1. The van der Waals surface area contributed by atoms with Gasteiger partial charge in [0.05, 0.1) is 22.9 Å². The van der Waals surface area contributed by atoms with E-state index in [-0.39, 0.29) is 11.7 Å². The highest BCUT2D eigenvalue weighted by atomic mass is 19.1. The van der Waals surface area contributed by atoms with Crippen LogP contribution < -0.4 is 5.32 Å². The molecule has 0 bridgehead atoms. The number of nitrogens with one attached hydrogen (secondary N) is 3. The number of hydrogen-bond acceptors (Lipinski definition) is 5. The van der Waals surface area contributed by atoms with Crippen LogP contribution in [0.1, 0.15) is 19.8 Å². The summed E-state index contributed by atoms with van der Waals surface area (Å²) in [6.07, 6.45) is 5.81. The van der Waals surface area contributed by atoms with Crippen molar-refractivity contribution >= 4 is 33.7 Å². The number of pyridine rings is 2. The first-order valence-corrected chi connectivity index (χ1v) is 12.0. The van der Waals surface area contributed by atoms with Gasteiger partial charge < -0.3 is 10.3 Å². The van der Waals surface area contributed by atoms with Crippen LogP contribution in [0.5, 0.6) is 0 Å². The Morgan fingerprint density at radius 1 is 1.00 bits per heavy atom. The van der Waals surface area contributed by atoms with Crippen LogP contribution in [-0.2, 0) is 4.79 Å². The molecule has 8 nitrogen and oxygen atoms in total. The van der Waals surface area contributed by atoms with Crippen LogP contribution in [0.15, 0.2) is 67.1 Å². The molecule has 4 aromatic heterocycles. The summed E-state index contributed by atoms with van der Waals surface area (Å²) < 4.78 is 28.6. The molecule has 0 aliphatic carbocycles. The molecule has 0 aliphatic rings. The topological polar surface area (TPSA) is 112 Å². The molecule has 1 amide bonds. The van der Waals surface area contributed by atoms with Crippen molar-refractivity contribution in [2.45, 2.75) is 19.8 Å². The van der Waals surface area contributed by atoms with Gasteiger partial charge in [0.15, 0.2) is 11.5 Å². The third kappa shape index (κ3) is 4.26. The van der Waals surface area contributed by atoms with E-state index < -0.39 is 5.82 Å². The zero-order valence-electron chi connectivity index (χ0n) is 20.2. The number of fused-ring (bicyclic) bond motifs is 2.